The van der Waals surface area contributed by atoms with E-state index in [4.69, 9.17) is 16.3 Å². The van der Waals surface area contributed by atoms with Crippen molar-refractivity contribution in [2.45, 2.75) is 59.5 Å². The minimum atomic E-state index is 0.288. The summed E-state index contributed by atoms with van der Waals surface area (Å²) in [5.74, 6) is 0. The van der Waals surface area contributed by atoms with Crippen LogP contribution in [0.25, 0.3) is 0 Å². The summed E-state index contributed by atoms with van der Waals surface area (Å²) >= 11 is 6.46. The van der Waals surface area contributed by atoms with Crippen molar-refractivity contribution < 1.29 is 4.74 Å². The molecule has 0 saturated heterocycles. The molecule has 0 amide bonds. The normalized spacial score (nSPS) is 12.8. The predicted molar refractivity (Wildman–Crippen MR) is 84.6 cm³/mol. The maximum Gasteiger partial charge on any atom is 0.0850 e. The molecule has 1 aromatic heterocycles. The van der Waals surface area contributed by atoms with Crippen molar-refractivity contribution in [2.24, 2.45) is 0 Å². The zero-order valence-electron chi connectivity index (χ0n) is 13.2. The smallest absolute Gasteiger partial charge is 0.0850 e. The van der Waals surface area contributed by atoms with Crippen molar-refractivity contribution in [1.29, 1.82) is 0 Å². The quantitative estimate of drug-likeness (QED) is 0.675. The molecule has 0 spiro atoms. The lowest BCUT2D eigenvalue weighted by Crippen LogP contribution is -2.36. The van der Waals surface area contributed by atoms with Crippen LogP contribution in [0.3, 0.4) is 0 Å². The van der Waals surface area contributed by atoms with Crippen LogP contribution in [0.1, 0.15) is 45.5 Å². The van der Waals surface area contributed by atoms with E-state index in [1.165, 1.54) is 0 Å². The first-order valence-electron chi connectivity index (χ1n) is 7.72. The fourth-order valence-corrected chi connectivity index (χ4v) is 2.64. The molecular formula is C15H28ClN3O. The van der Waals surface area contributed by atoms with Crippen LogP contribution in [0.2, 0.25) is 5.02 Å². The van der Waals surface area contributed by atoms with Gasteiger partial charge in [-0.05, 0) is 26.3 Å². The molecular weight excluding hydrogens is 274 g/mol. The number of likely N-dealkylation sites (N-methyl/N-ethyl adjacent to an activating group) is 1. The number of hydrogen-bond donors (Lipinski definition) is 1. The van der Waals surface area contributed by atoms with E-state index < -0.39 is 0 Å². The molecule has 0 fully saturated rings. The molecule has 1 unspecified atom stereocenters. The molecule has 5 heteroatoms. The van der Waals surface area contributed by atoms with Gasteiger partial charge in [-0.2, -0.15) is 5.10 Å². The van der Waals surface area contributed by atoms with Gasteiger partial charge in [-0.25, -0.2) is 0 Å². The lowest BCUT2D eigenvalue weighted by atomic mass is 10.1. The Bertz CT molecular complexity index is 393. The second kappa shape index (κ2) is 9.37. The highest BCUT2D eigenvalue weighted by Gasteiger charge is 2.18. The number of aromatic nitrogens is 2. The summed E-state index contributed by atoms with van der Waals surface area (Å²) in [6.07, 6.45) is 2.78. The molecule has 1 heterocycles. The van der Waals surface area contributed by atoms with E-state index in [2.05, 4.69) is 38.1 Å². The zero-order valence-corrected chi connectivity index (χ0v) is 14.0. The summed E-state index contributed by atoms with van der Waals surface area (Å²) in [4.78, 5) is 0. The zero-order chi connectivity index (χ0) is 15.0. The molecule has 0 radical (unpaired) electrons. The van der Waals surface area contributed by atoms with Gasteiger partial charge in [-0.3, -0.25) is 4.68 Å². The molecule has 1 N–H and O–H groups in total. The van der Waals surface area contributed by atoms with Gasteiger partial charge in [0.25, 0.3) is 0 Å². The van der Waals surface area contributed by atoms with Gasteiger partial charge in [0.15, 0.2) is 0 Å². The highest BCUT2D eigenvalue weighted by Crippen LogP contribution is 2.23. The van der Waals surface area contributed by atoms with Gasteiger partial charge in [-0.1, -0.05) is 32.4 Å². The Morgan fingerprint density at radius 2 is 2.05 bits per heavy atom. The van der Waals surface area contributed by atoms with Crippen LogP contribution < -0.4 is 5.32 Å². The van der Waals surface area contributed by atoms with E-state index in [1.807, 2.05) is 4.68 Å². The van der Waals surface area contributed by atoms with Gasteiger partial charge in [0.1, 0.15) is 0 Å². The third-order valence-corrected chi connectivity index (χ3v) is 3.73. The third-order valence-electron chi connectivity index (χ3n) is 3.29. The van der Waals surface area contributed by atoms with E-state index in [0.29, 0.717) is 6.61 Å². The Morgan fingerprint density at radius 3 is 2.60 bits per heavy atom. The fraction of sp³-hybridized carbons (Fsp3) is 0.800. The van der Waals surface area contributed by atoms with Crippen molar-refractivity contribution >= 4 is 11.6 Å². The van der Waals surface area contributed by atoms with Crippen molar-refractivity contribution in [2.75, 3.05) is 19.8 Å². The van der Waals surface area contributed by atoms with Gasteiger partial charge >= 0.3 is 0 Å². The summed E-state index contributed by atoms with van der Waals surface area (Å²) < 4.78 is 7.70. The summed E-state index contributed by atoms with van der Waals surface area (Å²) in [5.41, 5.74) is 2.12. The van der Waals surface area contributed by atoms with Gasteiger partial charge in [0, 0.05) is 25.6 Å². The Hall–Kier alpha value is -0.580. The average Bonchev–Trinajstić information content (AvgIpc) is 2.75. The van der Waals surface area contributed by atoms with Crippen LogP contribution in [0.4, 0.5) is 0 Å². The number of rotatable bonds is 10. The topological polar surface area (TPSA) is 39.1 Å². The summed E-state index contributed by atoms with van der Waals surface area (Å²) in [6, 6.07) is 0.288. The summed E-state index contributed by atoms with van der Waals surface area (Å²) in [7, 11) is 0. The number of nitrogens with one attached hydrogen (secondary N) is 1. The molecule has 0 saturated carbocycles. The van der Waals surface area contributed by atoms with Gasteiger partial charge in [-0.15, -0.1) is 0 Å². The predicted octanol–water partition coefficient (Wildman–Crippen LogP) is 3.07. The van der Waals surface area contributed by atoms with Crippen LogP contribution >= 0.6 is 11.6 Å². The molecule has 4 nitrogen and oxygen atoms in total. The molecule has 1 rings (SSSR count). The molecule has 0 aliphatic heterocycles. The van der Waals surface area contributed by atoms with Gasteiger partial charge in [0.2, 0.25) is 0 Å². The first kappa shape index (κ1) is 17.5. The van der Waals surface area contributed by atoms with Gasteiger partial charge < -0.3 is 10.1 Å². The SMILES string of the molecule is CCCOCC(Cc1c(Cl)c(CC)nn1CC)NCC. The van der Waals surface area contributed by atoms with E-state index in [-0.39, 0.29) is 6.04 Å². The van der Waals surface area contributed by atoms with E-state index in [9.17, 15) is 0 Å². The standard InChI is InChI=1S/C15H28ClN3O/c1-5-9-20-11-12(17-7-3)10-14-15(16)13(6-2)18-19(14)8-4/h12,17H,5-11H2,1-4H3. The maximum absolute atomic E-state index is 6.46. The molecule has 0 aliphatic carbocycles. The van der Waals surface area contributed by atoms with Crippen molar-refractivity contribution in [3.05, 3.63) is 16.4 Å². The molecule has 0 aliphatic rings. The summed E-state index contributed by atoms with van der Waals surface area (Å²) in [5, 5.41) is 8.87. The Kier molecular flexibility index (Phi) is 8.19. The molecule has 20 heavy (non-hydrogen) atoms. The highest BCUT2D eigenvalue weighted by molar-refractivity contribution is 6.31. The van der Waals surface area contributed by atoms with Gasteiger partial charge in [0.05, 0.1) is 23.0 Å². The number of aryl methyl sites for hydroxylation is 2. The lowest BCUT2D eigenvalue weighted by Gasteiger charge is -2.18. The number of nitrogens with zero attached hydrogens (tertiary/aromatic N) is 2. The fourth-order valence-electron chi connectivity index (χ4n) is 2.29. The average molecular weight is 302 g/mol. The second-order valence-corrected chi connectivity index (χ2v) is 5.29. The molecule has 116 valence electrons. The van der Waals surface area contributed by atoms with Crippen molar-refractivity contribution in [1.82, 2.24) is 15.1 Å². The molecule has 0 bridgehead atoms. The van der Waals surface area contributed by atoms with Crippen molar-refractivity contribution in [3.63, 3.8) is 0 Å². The highest BCUT2D eigenvalue weighted by atomic mass is 35.5. The third kappa shape index (κ3) is 4.76. The Balaban J connectivity index is 2.78. The maximum atomic E-state index is 6.46. The first-order valence-corrected chi connectivity index (χ1v) is 8.10. The van der Waals surface area contributed by atoms with Crippen LogP contribution in [-0.2, 0) is 24.1 Å². The number of hydrogen-bond acceptors (Lipinski definition) is 3. The Labute approximate surface area is 127 Å². The van der Waals surface area contributed by atoms with Crippen LogP contribution in [0.5, 0.6) is 0 Å². The van der Waals surface area contributed by atoms with E-state index in [0.717, 1.165) is 55.4 Å². The second-order valence-electron chi connectivity index (χ2n) is 4.91. The van der Waals surface area contributed by atoms with E-state index >= 15 is 0 Å². The minimum Gasteiger partial charge on any atom is -0.380 e. The summed E-state index contributed by atoms with van der Waals surface area (Å²) in [6.45, 7) is 11.7. The number of halogens is 1. The molecule has 1 aromatic rings. The largest absolute Gasteiger partial charge is 0.380 e. The van der Waals surface area contributed by atoms with E-state index in [1.54, 1.807) is 0 Å². The van der Waals surface area contributed by atoms with Crippen molar-refractivity contribution in [3.8, 4) is 0 Å². The first-order chi connectivity index (χ1) is 9.67. The Morgan fingerprint density at radius 1 is 1.30 bits per heavy atom. The molecule has 1 atom stereocenters. The van der Waals surface area contributed by atoms with Crippen LogP contribution in [0.15, 0.2) is 0 Å². The van der Waals surface area contributed by atoms with Crippen LogP contribution in [0, 0.1) is 0 Å². The minimum absolute atomic E-state index is 0.288. The lowest BCUT2D eigenvalue weighted by molar-refractivity contribution is 0.111. The molecule has 0 aromatic carbocycles. The monoisotopic (exact) mass is 301 g/mol. The van der Waals surface area contributed by atoms with Crippen LogP contribution in [-0.4, -0.2) is 35.6 Å². The number of ether oxygens (including phenoxy) is 1.